The number of hydrogen-bond acceptors (Lipinski definition) is 4. The van der Waals surface area contributed by atoms with Gasteiger partial charge in [0.15, 0.2) is 0 Å². The van der Waals surface area contributed by atoms with E-state index in [4.69, 9.17) is 16.3 Å². The summed E-state index contributed by atoms with van der Waals surface area (Å²) in [7, 11) is 1.65. The second-order valence-electron chi connectivity index (χ2n) is 6.49. The van der Waals surface area contributed by atoms with Crippen molar-refractivity contribution in [1.82, 2.24) is 9.97 Å². The second kappa shape index (κ2) is 6.19. The molecule has 0 spiro atoms. The molecular formula is C20H20ClN3O. The topological polar surface area (TPSA) is 38.2 Å². The van der Waals surface area contributed by atoms with Crippen LogP contribution in [0.1, 0.15) is 29.7 Å². The Morgan fingerprint density at radius 1 is 1.20 bits per heavy atom. The molecule has 2 heterocycles. The van der Waals surface area contributed by atoms with Crippen molar-refractivity contribution < 1.29 is 4.74 Å². The third-order valence-electron chi connectivity index (χ3n) is 4.97. The summed E-state index contributed by atoms with van der Waals surface area (Å²) in [6, 6.07) is 12.8. The largest absolute Gasteiger partial charge is 0.494 e. The van der Waals surface area contributed by atoms with E-state index in [1.54, 1.807) is 7.11 Å². The summed E-state index contributed by atoms with van der Waals surface area (Å²) in [5.41, 5.74) is 4.83. The predicted octanol–water partition coefficient (Wildman–Crippen LogP) is 4.72. The van der Waals surface area contributed by atoms with Gasteiger partial charge in [-0.2, -0.15) is 4.98 Å². The molecule has 0 amide bonds. The number of hydrogen-bond donors (Lipinski definition) is 0. The number of fused-ring (bicyclic) bond motifs is 2. The maximum absolute atomic E-state index is 6.24. The maximum atomic E-state index is 6.24. The Morgan fingerprint density at radius 3 is 2.84 bits per heavy atom. The van der Waals surface area contributed by atoms with Crippen LogP contribution < -0.4 is 9.64 Å². The zero-order chi connectivity index (χ0) is 17.6. The van der Waals surface area contributed by atoms with Gasteiger partial charge in [-0.05, 0) is 55.1 Å². The van der Waals surface area contributed by atoms with Crippen molar-refractivity contribution in [3.05, 3.63) is 58.4 Å². The fraction of sp³-hybridized carbons (Fsp3) is 0.300. The Balaban J connectivity index is 1.86. The molecule has 4 rings (SSSR count). The van der Waals surface area contributed by atoms with E-state index in [9.17, 15) is 0 Å². The normalized spacial score (nSPS) is 16.8. The number of halogens is 1. The SMILES string of the molecule is COc1cccc2c(N3CCc4cc(C)ccc4C3C)nc(Cl)nc12. The summed E-state index contributed by atoms with van der Waals surface area (Å²) in [5.74, 6) is 1.58. The lowest BCUT2D eigenvalue weighted by Gasteiger charge is -2.37. The van der Waals surface area contributed by atoms with Crippen molar-refractivity contribution in [2.24, 2.45) is 0 Å². The van der Waals surface area contributed by atoms with E-state index in [2.05, 4.69) is 46.9 Å². The van der Waals surface area contributed by atoms with Gasteiger partial charge in [-0.15, -0.1) is 0 Å². The Hall–Kier alpha value is -2.33. The van der Waals surface area contributed by atoms with E-state index >= 15 is 0 Å². The fourth-order valence-electron chi connectivity index (χ4n) is 3.72. The van der Waals surface area contributed by atoms with Gasteiger partial charge in [-0.3, -0.25) is 0 Å². The van der Waals surface area contributed by atoms with Crippen LogP contribution in [0, 0.1) is 6.92 Å². The molecule has 0 radical (unpaired) electrons. The number of nitrogens with zero attached hydrogens (tertiary/aromatic N) is 3. The minimum absolute atomic E-state index is 0.227. The Morgan fingerprint density at radius 2 is 2.04 bits per heavy atom. The van der Waals surface area contributed by atoms with Gasteiger partial charge in [0, 0.05) is 11.9 Å². The number of rotatable bonds is 2. The van der Waals surface area contributed by atoms with Crippen molar-refractivity contribution in [2.45, 2.75) is 26.3 Å². The zero-order valence-electron chi connectivity index (χ0n) is 14.6. The van der Waals surface area contributed by atoms with Crippen molar-refractivity contribution in [1.29, 1.82) is 0 Å². The lowest BCUT2D eigenvalue weighted by atomic mass is 9.92. The van der Waals surface area contributed by atoms with Gasteiger partial charge in [0.1, 0.15) is 17.1 Å². The first-order valence-corrected chi connectivity index (χ1v) is 8.82. The summed E-state index contributed by atoms with van der Waals surface area (Å²) < 4.78 is 5.45. The summed E-state index contributed by atoms with van der Waals surface area (Å²) in [6.45, 7) is 5.26. The van der Waals surface area contributed by atoms with E-state index in [1.165, 1.54) is 16.7 Å². The number of para-hydroxylation sites is 1. The van der Waals surface area contributed by atoms with Crippen LogP contribution in [0.5, 0.6) is 5.75 Å². The van der Waals surface area contributed by atoms with Crippen LogP contribution in [0.2, 0.25) is 5.28 Å². The van der Waals surface area contributed by atoms with Crippen LogP contribution in [-0.2, 0) is 6.42 Å². The average Bonchev–Trinajstić information content (AvgIpc) is 2.61. The molecule has 3 aromatic rings. The summed E-state index contributed by atoms with van der Waals surface area (Å²) >= 11 is 6.24. The highest BCUT2D eigenvalue weighted by molar-refractivity contribution is 6.29. The lowest BCUT2D eigenvalue weighted by molar-refractivity contribution is 0.419. The van der Waals surface area contributed by atoms with Gasteiger partial charge >= 0.3 is 0 Å². The van der Waals surface area contributed by atoms with Gasteiger partial charge in [0.25, 0.3) is 0 Å². The Bertz CT molecular complexity index is 957. The van der Waals surface area contributed by atoms with Gasteiger partial charge in [-0.25, -0.2) is 4.98 Å². The molecule has 1 aliphatic heterocycles. The van der Waals surface area contributed by atoms with Crippen molar-refractivity contribution in [2.75, 3.05) is 18.6 Å². The van der Waals surface area contributed by atoms with Gasteiger partial charge < -0.3 is 9.64 Å². The summed E-state index contributed by atoms with van der Waals surface area (Å²) in [5, 5.41) is 1.21. The number of methoxy groups -OCH3 is 1. The number of aromatic nitrogens is 2. The molecule has 1 aliphatic rings. The van der Waals surface area contributed by atoms with Gasteiger partial charge in [-0.1, -0.05) is 29.8 Å². The van der Waals surface area contributed by atoms with Crippen LogP contribution in [0.15, 0.2) is 36.4 Å². The van der Waals surface area contributed by atoms with Crippen molar-refractivity contribution in [3.8, 4) is 5.75 Å². The van der Waals surface area contributed by atoms with Crippen LogP contribution in [0.25, 0.3) is 10.9 Å². The second-order valence-corrected chi connectivity index (χ2v) is 6.83. The number of ether oxygens (including phenoxy) is 1. The first-order chi connectivity index (χ1) is 12.1. The molecule has 25 heavy (non-hydrogen) atoms. The smallest absolute Gasteiger partial charge is 0.225 e. The standard InChI is InChI=1S/C20H20ClN3O/c1-12-7-8-15-13(2)24(10-9-14(15)11-12)19-16-5-4-6-17(25-3)18(16)22-20(21)23-19/h4-8,11,13H,9-10H2,1-3H3. The molecule has 0 N–H and O–H groups in total. The first-order valence-electron chi connectivity index (χ1n) is 8.45. The number of anilines is 1. The third-order valence-corrected chi connectivity index (χ3v) is 5.14. The number of aryl methyl sites for hydroxylation is 1. The molecule has 128 valence electrons. The Kier molecular flexibility index (Phi) is 4.00. The molecule has 4 nitrogen and oxygen atoms in total. The molecule has 1 aromatic heterocycles. The molecule has 0 saturated heterocycles. The van der Waals surface area contributed by atoms with Crippen LogP contribution in [0.3, 0.4) is 0 Å². The summed E-state index contributed by atoms with van der Waals surface area (Å²) in [4.78, 5) is 11.3. The first kappa shape index (κ1) is 16.2. The highest BCUT2D eigenvalue weighted by atomic mass is 35.5. The van der Waals surface area contributed by atoms with E-state index < -0.39 is 0 Å². The van der Waals surface area contributed by atoms with E-state index in [-0.39, 0.29) is 11.3 Å². The molecule has 5 heteroatoms. The summed E-state index contributed by atoms with van der Waals surface area (Å²) in [6.07, 6.45) is 0.994. The van der Waals surface area contributed by atoms with E-state index in [1.807, 2.05) is 18.2 Å². The minimum Gasteiger partial charge on any atom is -0.494 e. The molecule has 0 saturated carbocycles. The van der Waals surface area contributed by atoms with E-state index in [0.29, 0.717) is 5.75 Å². The van der Waals surface area contributed by atoms with E-state index in [0.717, 1.165) is 29.7 Å². The highest BCUT2D eigenvalue weighted by Gasteiger charge is 2.27. The fourth-order valence-corrected chi connectivity index (χ4v) is 3.88. The molecule has 1 unspecified atom stereocenters. The van der Waals surface area contributed by atoms with Crippen molar-refractivity contribution >= 4 is 28.3 Å². The van der Waals surface area contributed by atoms with Crippen LogP contribution in [-0.4, -0.2) is 23.6 Å². The van der Waals surface area contributed by atoms with Crippen molar-refractivity contribution in [3.63, 3.8) is 0 Å². The number of benzene rings is 2. The molecule has 2 aromatic carbocycles. The highest BCUT2D eigenvalue weighted by Crippen LogP contribution is 2.38. The quantitative estimate of drug-likeness (QED) is 0.624. The Labute approximate surface area is 152 Å². The minimum atomic E-state index is 0.227. The molecule has 1 atom stereocenters. The van der Waals surface area contributed by atoms with Crippen LogP contribution in [0.4, 0.5) is 5.82 Å². The molecule has 0 aliphatic carbocycles. The monoisotopic (exact) mass is 353 g/mol. The molecule has 0 bridgehead atoms. The molecule has 0 fully saturated rings. The lowest BCUT2D eigenvalue weighted by Crippen LogP contribution is -2.34. The average molecular weight is 354 g/mol. The maximum Gasteiger partial charge on any atom is 0.225 e. The predicted molar refractivity (Wildman–Crippen MR) is 102 cm³/mol. The molecular weight excluding hydrogens is 334 g/mol. The van der Waals surface area contributed by atoms with Crippen LogP contribution >= 0.6 is 11.6 Å². The van der Waals surface area contributed by atoms with Gasteiger partial charge in [0.2, 0.25) is 5.28 Å². The third kappa shape index (κ3) is 2.71. The van der Waals surface area contributed by atoms with Gasteiger partial charge in [0.05, 0.1) is 13.2 Å². The zero-order valence-corrected chi connectivity index (χ0v) is 15.3.